The minimum absolute atomic E-state index is 0.0792. The number of nitrogens with zero attached hydrogens (tertiary/aromatic N) is 3. The highest BCUT2D eigenvalue weighted by Gasteiger charge is 2.51. The van der Waals surface area contributed by atoms with Gasteiger partial charge in [-0.1, -0.05) is 30.3 Å². The van der Waals surface area contributed by atoms with E-state index in [0.717, 1.165) is 12.8 Å². The molecule has 6 nitrogen and oxygen atoms in total. The minimum Gasteiger partial charge on any atom is -0.480 e. The first kappa shape index (κ1) is 19.4. The van der Waals surface area contributed by atoms with Gasteiger partial charge in [0.2, 0.25) is 11.8 Å². The van der Waals surface area contributed by atoms with Gasteiger partial charge in [0.25, 0.3) is 5.91 Å². The Kier molecular flexibility index (Phi) is 5.26. The van der Waals surface area contributed by atoms with Crippen molar-refractivity contribution in [1.29, 1.82) is 0 Å². The number of rotatable bonds is 4. The maximum Gasteiger partial charge on any atom is 0.259 e. The van der Waals surface area contributed by atoms with E-state index in [2.05, 4.69) is 17.1 Å². The first-order valence-corrected chi connectivity index (χ1v) is 10.1. The van der Waals surface area contributed by atoms with Gasteiger partial charge in [0.05, 0.1) is 12.5 Å². The summed E-state index contributed by atoms with van der Waals surface area (Å²) in [7, 11) is 3.44. The Bertz CT molecular complexity index is 891. The van der Waals surface area contributed by atoms with E-state index in [1.165, 1.54) is 12.7 Å². The number of hydrogen-bond acceptors (Lipinski definition) is 4. The van der Waals surface area contributed by atoms with Crippen molar-refractivity contribution >= 4 is 11.8 Å². The van der Waals surface area contributed by atoms with Crippen molar-refractivity contribution < 1.29 is 14.3 Å². The third-order valence-corrected chi connectivity index (χ3v) is 6.46. The van der Waals surface area contributed by atoms with Gasteiger partial charge in [0.15, 0.2) is 0 Å². The molecule has 6 heteroatoms. The van der Waals surface area contributed by atoms with E-state index < -0.39 is 0 Å². The zero-order chi connectivity index (χ0) is 20.4. The molecule has 1 atom stereocenters. The number of ether oxygens (including phenoxy) is 1. The second kappa shape index (κ2) is 7.85. The third-order valence-electron chi connectivity index (χ3n) is 6.46. The Labute approximate surface area is 171 Å². The number of aromatic nitrogens is 1. The van der Waals surface area contributed by atoms with E-state index in [9.17, 15) is 9.59 Å². The number of carbonyl (C=O) groups is 2. The number of amides is 2. The van der Waals surface area contributed by atoms with Crippen LogP contribution in [0.4, 0.5) is 0 Å². The molecule has 2 saturated heterocycles. The molecule has 152 valence electrons. The van der Waals surface area contributed by atoms with Crippen molar-refractivity contribution in [2.24, 2.45) is 5.41 Å². The SMILES string of the molecule is COc1ncccc1C(=O)N1CCC2(CC1)C[C@@H](Cc1ccccc1)N(C)C2=O. The zero-order valence-electron chi connectivity index (χ0n) is 17.0. The number of carbonyl (C=O) groups excluding carboxylic acids is 2. The second-order valence-electron chi connectivity index (χ2n) is 8.10. The predicted molar refractivity (Wildman–Crippen MR) is 110 cm³/mol. The van der Waals surface area contributed by atoms with Crippen LogP contribution in [0, 0.1) is 5.41 Å². The molecule has 0 aliphatic carbocycles. The molecule has 0 N–H and O–H groups in total. The minimum atomic E-state index is -0.343. The lowest BCUT2D eigenvalue weighted by Crippen LogP contribution is -2.46. The van der Waals surface area contributed by atoms with Crippen molar-refractivity contribution in [3.8, 4) is 5.88 Å². The van der Waals surface area contributed by atoms with E-state index in [1.54, 1.807) is 18.3 Å². The number of likely N-dealkylation sites (N-methyl/N-ethyl adjacent to an activating group) is 1. The molecule has 0 saturated carbocycles. The lowest BCUT2D eigenvalue weighted by atomic mass is 9.75. The summed E-state index contributed by atoms with van der Waals surface area (Å²) in [4.78, 5) is 33.9. The number of likely N-dealkylation sites (tertiary alicyclic amines) is 2. The summed E-state index contributed by atoms with van der Waals surface area (Å²) in [6, 6.07) is 14.0. The molecule has 0 radical (unpaired) electrons. The summed E-state index contributed by atoms with van der Waals surface area (Å²) in [6.45, 7) is 1.16. The molecule has 4 rings (SSSR count). The van der Waals surface area contributed by atoms with Crippen LogP contribution >= 0.6 is 0 Å². The molecular weight excluding hydrogens is 366 g/mol. The van der Waals surface area contributed by atoms with Crippen LogP contribution < -0.4 is 4.74 Å². The Hall–Kier alpha value is -2.89. The Morgan fingerprint density at radius 1 is 1.17 bits per heavy atom. The molecule has 2 aromatic rings. The highest BCUT2D eigenvalue weighted by molar-refractivity contribution is 5.96. The molecule has 2 aliphatic rings. The van der Waals surface area contributed by atoms with E-state index in [4.69, 9.17) is 4.74 Å². The fraction of sp³-hybridized carbons (Fsp3) is 0.435. The molecule has 1 spiro atoms. The second-order valence-corrected chi connectivity index (χ2v) is 8.10. The standard InChI is InChI=1S/C23H27N3O3/c1-25-18(15-17-7-4-3-5-8-17)16-23(22(25)28)10-13-26(14-11-23)21(27)19-9-6-12-24-20(19)29-2/h3-9,12,18H,10-11,13-16H2,1-2H3/t18-/m1/s1. The van der Waals surface area contributed by atoms with E-state index in [1.807, 2.05) is 35.0 Å². The van der Waals surface area contributed by atoms with Crippen LogP contribution in [0.2, 0.25) is 0 Å². The number of methoxy groups -OCH3 is 1. The van der Waals surface area contributed by atoms with E-state index >= 15 is 0 Å². The summed E-state index contributed by atoms with van der Waals surface area (Å²) in [6.07, 6.45) is 4.75. The van der Waals surface area contributed by atoms with E-state index in [-0.39, 0.29) is 23.3 Å². The van der Waals surface area contributed by atoms with Crippen molar-refractivity contribution in [2.75, 3.05) is 27.2 Å². The molecule has 1 aromatic heterocycles. The normalized spacial score (nSPS) is 20.9. The van der Waals surface area contributed by atoms with Gasteiger partial charge in [-0.05, 0) is 43.4 Å². The quantitative estimate of drug-likeness (QED) is 0.801. The molecule has 0 unspecified atom stereocenters. The summed E-state index contributed by atoms with van der Waals surface area (Å²) < 4.78 is 5.23. The number of benzene rings is 1. The van der Waals surface area contributed by atoms with Crippen LogP contribution in [0.15, 0.2) is 48.7 Å². The topological polar surface area (TPSA) is 62.7 Å². The number of piperidine rings is 1. The lowest BCUT2D eigenvalue weighted by molar-refractivity contribution is -0.137. The fourth-order valence-corrected chi connectivity index (χ4v) is 4.75. The molecule has 2 amide bonds. The summed E-state index contributed by atoms with van der Waals surface area (Å²) in [5, 5.41) is 0. The van der Waals surface area contributed by atoms with Gasteiger partial charge in [-0.2, -0.15) is 0 Å². The monoisotopic (exact) mass is 393 g/mol. The highest BCUT2D eigenvalue weighted by atomic mass is 16.5. The Morgan fingerprint density at radius 2 is 1.90 bits per heavy atom. The summed E-state index contributed by atoms with van der Waals surface area (Å²) >= 11 is 0. The lowest BCUT2D eigenvalue weighted by Gasteiger charge is -2.37. The average Bonchev–Trinajstić information content (AvgIpc) is 2.99. The Balaban J connectivity index is 1.44. The van der Waals surface area contributed by atoms with Crippen LogP contribution in [0.25, 0.3) is 0 Å². The zero-order valence-corrected chi connectivity index (χ0v) is 17.0. The van der Waals surface area contributed by atoms with Gasteiger partial charge >= 0.3 is 0 Å². The van der Waals surface area contributed by atoms with Crippen LogP contribution in [0.1, 0.15) is 35.2 Å². The molecule has 0 bridgehead atoms. The smallest absolute Gasteiger partial charge is 0.259 e. The van der Waals surface area contributed by atoms with Gasteiger partial charge < -0.3 is 14.5 Å². The van der Waals surface area contributed by atoms with Gasteiger partial charge in [-0.15, -0.1) is 0 Å². The molecule has 3 heterocycles. The van der Waals surface area contributed by atoms with Gasteiger partial charge in [0.1, 0.15) is 5.56 Å². The molecule has 29 heavy (non-hydrogen) atoms. The fourth-order valence-electron chi connectivity index (χ4n) is 4.75. The average molecular weight is 393 g/mol. The first-order chi connectivity index (χ1) is 14.0. The van der Waals surface area contributed by atoms with E-state index in [0.29, 0.717) is 37.4 Å². The molecular formula is C23H27N3O3. The first-order valence-electron chi connectivity index (χ1n) is 10.1. The predicted octanol–water partition coefficient (Wildman–Crippen LogP) is 2.79. The van der Waals surface area contributed by atoms with Gasteiger partial charge in [0, 0.05) is 32.4 Å². The third kappa shape index (κ3) is 3.59. The molecule has 2 fully saturated rings. The maximum atomic E-state index is 13.1. The van der Waals surface area contributed by atoms with Crippen LogP contribution in [0.5, 0.6) is 5.88 Å². The largest absolute Gasteiger partial charge is 0.480 e. The summed E-state index contributed by atoms with van der Waals surface area (Å²) in [5.74, 6) is 0.492. The van der Waals surface area contributed by atoms with Crippen LogP contribution in [-0.4, -0.2) is 59.9 Å². The number of hydrogen-bond donors (Lipinski definition) is 0. The van der Waals surface area contributed by atoms with Gasteiger partial charge in [-0.25, -0.2) is 4.98 Å². The summed E-state index contributed by atoms with van der Waals surface area (Å²) in [5.41, 5.74) is 1.39. The molecule has 1 aromatic carbocycles. The maximum absolute atomic E-state index is 13.1. The van der Waals surface area contributed by atoms with Crippen molar-refractivity contribution in [3.63, 3.8) is 0 Å². The van der Waals surface area contributed by atoms with Gasteiger partial charge in [-0.3, -0.25) is 9.59 Å². The Morgan fingerprint density at radius 3 is 2.59 bits per heavy atom. The van der Waals surface area contributed by atoms with Crippen molar-refractivity contribution in [1.82, 2.24) is 14.8 Å². The highest BCUT2D eigenvalue weighted by Crippen LogP contribution is 2.45. The van der Waals surface area contributed by atoms with Crippen LogP contribution in [-0.2, 0) is 11.2 Å². The van der Waals surface area contributed by atoms with Crippen LogP contribution in [0.3, 0.4) is 0 Å². The molecule has 2 aliphatic heterocycles. The van der Waals surface area contributed by atoms with Crippen molar-refractivity contribution in [2.45, 2.75) is 31.7 Å². The van der Waals surface area contributed by atoms with Crippen molar-refractivity contribution in [3.05, 3.63) is 59.8 Å². The number of pyridine rings is 1.